The average Bonchev–Trinajstić information content (AvgIpc) is 2.53. The summed E-state index contributed by atoms with van der Waals surface area (Å²) in [5.41, 5.74) is 2.25. The van der Waals surface area contributed by atoms with Crippen LogP contribution in [0.25, 0.3) is 0 Å². The first-order valence-electron chi connectivity index (χ1n) is 7.85. The lowest BCUT2D eigenvalue weighted by molar-refractivity contribution is -0.129. The molecule has 0 aliphatic carbocycles. The summed E-state index contributed by atoms with van der Waals surface area (Å²) in [6.07, 6.45) is 3.00. The van der Waals surface area contributed by atoms with Crippen LogP contribution in [0.15, 0.2) is 18.3 Å². The zero-order valence-corrected chi connectivity index (χ0v) is 13.3. The highest BCUT2D eigenvalue weighted by atomic mass is 16.2. The summed E-state index contributed by atoms with van der Waals surface area (Å²) in [6.45, 7) is 10.2. The SMILES string of the molecule is CCNC(CC)c1ccc(N2CCN(C(C)=O)CC2)cn1. The third-order valence-electron chi connectivity index (χ3n) is 4.08. The van der Waals surface area contributed by atoms with E-state index < -0.39 is 0 Å². The summed E-state index contributed by atoms with van der Waals surface area (Å²) >= 11 is 0. The number of hydrogen-bond donors (Lipinski definition) is 1. The average molecular weight is 290 g/mol. The number of carbonyl (C=O) groups excluding carboxylic acids is 1. The van der Waals surface area contributed by atoms with Crippen molar-refractivity contribution in [1.82, 2.24) is 15.2 Å². The highest BCUT2D eigenvalue weighted by Crippen LogP contribution is 2.19. The van der Waals surface area contributed by atoms with Crippen molar-refractivity contribution in [3.05, 3.63) is 24.0 Å². The maximum Gasteiger partial charge on any atom is 0.219 e. The number of nitrogens with zero attached hydrogens (tertiary/aromatic N) is 3. The highest BCUT2D eigenvalue weighted by molar-refractivity contribution is 5.73. The Balaban J connectivity index is 1.98. The Bertz CT molecular complexity index is 452. The molecule has 1 aromatic heterocycles. The molecule has 0 saturated carbocycles. The molecule has 5 nitrogen and oxygen atoms in total. The Kier molecular flexibility index (Phi) is 5.56. The van der Waals surface area contributed by atoms with E-state index in [1.54, 1.807) is 6.92 Å². The van der Waals surface area contributed by atoms with Crippen LogP contribution in [0.2, 0.25) is 0 Å². The van der Waals surface area contributed by atoms with Gasteiger partial charge in [-0.3, -0.25) is 9.78 Å². The second-order valence-corrected chi connectivity index (χ2v) is 5.45. The summed E-state index contributed by atoms with van der Waals surface area (Å²) in [5.74, 6) is 0.166. The van der Waals surface area contributed by atoms with Crippen molar-refractivity contribution in [2.75, 3.05) is 37.6 Å². The van der Waals surface area contributed by atoms with Crippen LogP contribution in [0.5, 0.6) is 0 Å². The minimum absolute atomic E-state index is 0.166. The number of amides is 1. The molecule has 1 fully saturated rings. The van der Waals surface area contributed by atoms with Crippen molar-refractivity contribution in [3.63, 3.8) is 0 Å². The first-order valence-corrected chi connectivity index (χ1v) is 7.85. The van der Waals surface area contributed by atoms with Crippen LogP contribution < -0.4 is 10.2 Å². The predicted octanol–water partition coefficient (Wildman–Crippen LogP) is 1.81. The number of hydrogen-bond acceptors (Lipinski definition) is 4. The number of nitrogens with one attached hydrogen (secondary N) is 1. The zero-order valence-electron chi connectivity index (χ0n) is 13.3. The minimum atomic E-state index is 0.166. The smallest absolute Gasteiger partial charge is 0.219 e. The largest absolute Gasteiger partial charge is 0.367 e. The lowest BCUT2D eigenvalue weighted by Gasteiger charge is -2.35. The summed E-state index contributed by atoms with van der Waals surface area (Å²) in [7, 11) is 0. The Hall–Kier alpha value is -1.62. The number of pyridine rings is 1. The molecule has 1 aliphatic heterocycles. The summed E-state index contributed by atoms with van der Waals surface area (Å²) in [4.78, 5) is 20.2. The van der Waals surface area contributed by atoms with E-state index in [4.69, 9.17) is 0 Å². The van der Waals surface area contributed by atoms with E-state index in [0.717, 1.165) is 50.5 Å². The predicted molar refractivity (Wildman–Crippen MR) is 85.4 cm³/mol. The first-order chi connectivity index (χ1) is 10.2. The van der Waals surface area contributed by atoms with Gasteiger partial charge in [-0.15, -0.1) is 0 Å². The number of carbonyl (C=O) groups is 1. The molecule has 2 heterocycles. The van der Waals surface area contributed by atoms with Gasteiger partial charge >= 0.3 is 0 Å². The zero-order chi connectivity index (χ0) is 15.2. The molecule has 1 saturated heterocycles. The molecule has 0 aromatic carbocycles. The lowest BCUT2D eigenvalue weighted by atomic mass is 10.1. The second-order valence-electron chi connectivity index (χ2n) is 5.45. The van der Waals surface area contributed by atoms with Gasteiger partial charge in [0.1, 0.15) is 0 Å². The van der Waals surface area contributed by atoms with Crippen LogP contribution in [0.4, 0.5) is 5.69 Å². The van der Waals surface area contributed by atoms with Gasteiger partial charge in [-0.1, -0.05) is 13.8 Å². The molecule has 2 rings (SSSR count). The van der Waals surface area contributed by atoms with E-state index in [2.05, 4.69) is 41.2 Å². The van der Waals surface area contributed by atoms with Crippen LogP contribution in [0.3, 0.4) is 0 Å². The van der Waals surface area contributed by atoms with Crippen LogP contribution in [0, 0.1) is 0 Å². The lowest BCUT2D eigenvalue weighted by Crippen LogP contribution is -2.48. The van der Waals surface area contributed by atoms with Gasteiger partial charge in [0, 0.05) is 39.1 Å². The number of aromatic nitrogens is 1. The van der Waals surface area contributed by atoms with E-state index >= 15 is 0 Å². The normalized spacial score (nSPS) is 16.9. The Morgan fingerprint density at radius 2 is 2.00 bits per heavy atom. The van der Waals surface area contributed by atoms with Crippen LogP contribution in [0.1, 0.15) is 38.9 Å². The molecule has 0 bridgehead atoms. The summed E-state index contributed by atoms with van der Waals surface area (Å²) < 4.78 is 0. The van der Waals surface area contributed by atoms with Crippen molar-refractivity contribution in [1.29, 1.82) is 0 Å². The van der Waals surface area contributed by atoms with Crippen molar-refractivity contribution >= 4 is 11.6 Å². The van der Waals surface area contributed by atoms with Gasteiger partial charge in [0.2, 0.25) is 5.91 Å². The molecule has 1 unspecified atom stereocenters. The summed E-state index contributed by atoms with van der Waals surface area (Å²) in [5, 5.41) is 3.45. The molecule has 1 aliphatic rings. The van der Waals surface area contributed by atoms with Crippen molar-refractivity contribution in [2.45, 2.75) is 33.2 Å². The van der Waals surface area contributed by atoms with Gasteiger partial charge in [-0.2, -0.15) is 0 Å². The van der Waals surface area contributed by atoms with Gasteiger partial charge in [0.05, 0.1) is 17.6 Å². The molecule has 21 heavy (non-hydrogen) atoms. The molecule has 5 heteroatoms. The Morgan fingerprint density at radius 1 is 1.29 bits per heavy atom. The monoisotopic (exact) mass is 290 g/mol. The van der Waals surface area contributed by atoms with Crippen molar-refractivity contribution in [3.8, 4) is 0 Å². The van der Waals surface area contributed by atoms with E-state index in [-0.39, 0.29) is 5.91 Å². The maximum atomic E-state index is 11.3. The standard InChI is InChI=1S/C16H26N4O/c1-4-15(17-5-2)16-7-6-14(12-18-16)20-10-8-19(9-11-20)13(3)21/h6-7,12,15,17H,4-5,8-11H2,1-3H3. The highest BCUT2D eigenvalue weighted by Gasteiger charge is 2.19. The van der Waals surface area contributed by atoms with E-state index in [0.29, 0.717) is 6.04 Å². The van der Waals surface area contributed by atoms with Gasteiger partial charge < -0.3 is 15.1 Å². The topological polar surface area (TPSA) is 48.5 Å². The molecule has 0 spiro atoms. The second kappa shape index (κ2) is 7.41. The molecule has 1 atom stereocenters. The minimum Gasteiger partial charge on any atom is -0.367 e. The third-order valence-corrected chi connectivity index (χ3v) is 4.08. The molecule has 0 radical (unpaired) electrons. The van der Waals surface area contributed by atoms with E-state index in [9.17, 15) is 4.79 Å². The Labute approximate surface area is 127 Å². The molecule has 116 valence electrons. The number of rotatable bonds is 5. The number of piperazine rings is 1. The Morgan fingerprint density at radius 3 is 2.48 bits per heavy atom. The maximum absolute atomic E-state index is 11.3. The van der Waals surface area contributed by atoms with Crippen molar-refractivity contribution in [2.24, 2.45) is 0 Å². The fourth-order valence-electron chi connectivity index (χ4n) is 2.77. The molecule has 1 aromatic rings. The molecular formula is C16H26N4O. The molecule has 1 N–H and O–H groups in total. The molecular weight excluding hydrogens is 264 g/mol. The fourth-order valence-corrected chi connectivity index (χ4v) is 2.77. The quantitative estimate of drug-likeness (QED) is 0.898. The van der Waals surface area contributed by atoms with Gasteiger partial charge in [-0.25, -0.2) is 0 Å². The van der Waals surface area contributed by atoms with Gasteiger partial charge in [-0.05, 0) is 25.1 Å². The van der Waals surface area contributed by atoms with E-state index in [1.165, 1.54) is 0 Å². The van der Waals surface area contributed by atoms with Gasteiger partial charge in [0.25, 0.3) is 0 Å². The summed E-state index contributed by atoms with van der Waals surface area (Å²) in [6, 6.07) is 4.59. The van der Waals surface area contributed by atoms with E-state index in [1.807, 2.05) is 11.1 Å². The van der Waals surface area contributed by atoms with Crippen LogP contribution in [-0.4, -0.2) is 48.5 Å². The molecule has 1 amide bonds. The van der Waals surface area contributed by atoms with Crippen molar-refractivity contribution < 1.29 is 4.79 Å². The van der Waals surface area contributed by atoms with Crippen LogP contribution in [-0.2, 0) is 4.79 Å². The van der Waals surface area contributed by atoms with Gasteiger partial charge in [0.15, 0.2) is 0 Å². The van der Waals surface area contributed by atoms with Crippen LogP contribution >= 0.6 is 0 Å². The fraction of sp³-hybridized carbons (Fsp3) is 0.625. The third kappa shape index (κ3) is 3.94. The first kappa shape index (κ1) is 15.8. The number of anilines is 1.